The number of hydrogen-bond donors (Lipinski definition) is 1. The highest BCUT2D eigenvalue weighted by atomic mass is 16.7. The predicted octanol–water partition coefficient (Wildman–Crippen LogP) is -0.201. The molecule has 1 N–H and O–H groups in total. The van der Waals surface area contributed by atoms with Crippen molar-refractivity contribution in [3.63, 3.8) is 0 Å². The molecular weight excluding hydrogens is 228 g/mol. The predicted molar refractivity (Wildman–Crippen MR) is 57.1 cm³/mol. The first kappa shape index (κ1) is 13.8. The topological polar surface area (TPSA) is 82.1 Å². The Labute approximate surface area is 99.2 Å². The lowest BCUT2D eigenvalue weighted by atomic mass is 10.1. The molecule has 0 saturated carbocycles. The van der Waals surface area contributed by atoms with Crippen LogP contribution in [0.5, 0.6) is 0 Å². The molecule has 0 heterocycles. The second-order valence-electron chi connectivity index (χ2n) is 3.63. The highest BCUT2D eigenvalue weighted by Crippen LogP contribution is 2.30. The molecule has 1 aliphatic rings. The molecule has 1 aliphatic carbocycles. The maximum absolute atomic E-state index is 11.6. The average molecular weight is 244 g/mol. The second kappa shape index (κ2) is 5.90. The Hall–Kier alpha value is -1.24. The second-order valence-corrected chi connectivity index (χ2v) is 3.63. The van der Waals surface area contributed by atoms with Crippen molar-refractivity contribution in [3.05, 3.63) is 11.1 Å². The summed E-state index contributed by atoms with van der Waals surface area (Å²) in [5.41, 5.74) is 0.531. The van der Waals surface area contributed by atoms with Gasteiger partial charge in [-0.1, -0.05) is 0 Å². The van der Waals surface area contributed by atoms with Crippen molar-refractivity contribution in [1.29, 1.82) is 0 Å². The Morgan fingerprint density at radius 2 is 2.00 bits per heavy atom. The first-order chi connectivity index (χ1) is 8.04. The minimum atomic E-state index is -0.966. The van der Waals surface area contributed by atoms with Crippen molar-refractivity contribution in [2.75, 3.05) is 21.3 Å². The molecule has 96 valence electrons. The number of rotatable bonds is 5. The van der Waals surface area contributed by atoms with Gasteiger partial charge in [-0.25, -0.2) is 0 Å². The fourth-order valence-electron chi connectivity index (χ4n) is 1.84. The molecule has 0 bridgehead atoms. The van der Waals surface area contributed by atoms with Crippen molar-refractivity contribution < 1.29 is 28.9 Å². The van der Waals surface area contributed by atoms with Gasteiger partial charge in [-0.2, -0.15) is 0 Å². The first-order valence-corrected chi connectivity index (χ1v) is 5.11. The van der Waals surface area contributed by atoms with Crippen LogP contribution >= 0.6 is 0 Å². The van der Waals surface area contributed by atoms with E-state index in [2.05, 4.69) is 4.74 Å². The minimum Gasteiger partial charge on any atom is -0.469 e. The molecule has 0 aromatic carbocycles. The van der Waals surface area contributed by atoms with Gasteiger partial charge in [-0.05, 0) is 0 Å². The van der Waals surface area contributed by atoms with E-state index in [0.29, 0.717) is 5.57 Å². The Morgan fingerprint density at radius 3 is 2.47 bits per heavy atom. The van der Waals surface area contributed by atoms with Crippen LogP contribution in [0.3, 0.4) is 0 Å². The van der Waals surface area contributed by atoms with Gasteiger partial charge < -0.3 is 19.3 Å². The van der Waals surface area contributed by atoms with Crippen LogP contribution in [-0.2, 0) is 23.8 Å². The van der Waals surface area contributed by atoms with E-state index >= 15 is 0 Å². The van der Waals surface area contributed by atoms with Crippen molar-refractivity contribution in [2.45, 2.75) is 25.2 Å². The Balaban J connectivity index is 3.04. The molecule has 0 radical (unpaired) electrons. The SMILES string of the molecule is COC(=O)CC1=C(C(OC)OC)C(O)CC1=O. The maximum Gasteiger partial charge on any atom is 0.310 e. The normalized spacial score (nSPS) is 20.3. The molecule has 0 fully saturated rings. The number of methoxy groups -OCH3 is 3. The Kier molecular flexibility index (Phi) is 4.80. The summed E-state index contributed by atoms with van der Waals surface area (Å²) in [6.45, 7) is 0. The van der Waals surface area contributed by atoms with Crippen molar-refractivity contribution >= 4 is 11.8 Å². The van der Waals surface area contributed by atoms with Crippen LogP contribution in [-0.4, -0.2) is 50.6 Å². The third kappa shape index (κ3) is 2.91. The van der Waals surface area contributed by atoms with Crippen LogP contribution < -0.4 is 0 Å². The largest absolute Gasteiger partial charge is 0.469 e. The summed E-state index contributed by atoms with van der Waals surface area (Å²) >= 11 is 0. The lowest BCUT2D eigenvalue weighted by Crippen LogP contribution is -2.24. The van der Waals surface area contributed by atoms with Gasteiger partial charge in [0.15, 0.2) is 12.1 Å². The van der Waals surface area contributed by atoms with Gasteiger partial charge in [0, 0.05) is 31.8 Å². The zero-order valence-corrected chi connectivity index (χ0v) is 10.1. The average Bonchev–Trinajstić information content (AvgIpc) is 2.57. The van der Waals surface area contributed by atoms with Crippen molar-refractivity contribution in [3.8, 4) is 0 Å². The number of Topliss-reactive ketones (excluding diaryl/α,β-unsaturated/α-hetero) is 1. The molecule has 6 nitrogen and oxygen atoms in total. The van der Waals surface area contributed by atoms with E-state index in [-0.39, 0.29) is 24.2 Å². The van der Waals surface area contributed by atoms with Gasteiger partial charge in [0.2, 0.25) is 0 Å². The molecule has 1 unspecified atom stereocenters. The van der Waals surface area contributed by atoms with E-state index in [9.17, 15) is 14.7 Å². The van der Waals surface area contributed by atoms with Gasteiger partial charge in [-0.3, -0.25) is 9.59 Å². The number of aliphatic hydroxyl groups excluding tert-OH is 1. The molecule has 1 rings (SSSR count). The number of carbonyl (C=O) groups excluding carboxylic acids is 2. The van der Waals surface area contributed by atoms with Gasteiger partial charge in [0.25, 0.3) is 0 Å². The third-order valence-electron chi connectivity index (χ3n) is 2.65. The molecule has 0 spiro atoms. The lowest BCUT2D eigenvalue weighted by molar-refractivity contribution is -0.140. The maximum atomic E-state index is 11.6. The third-order valence-corrected chi connectivity index (χ3v) is 2.65. The molecular formula is C11H16O6. The van der Waals surface area contributed by atoms with E-state index in [1.165, 1.54) is 21.3 Å². The van der Waals surface area contributed by atoms with Crippen LogP contribution in [0.25, 0.3) is 0 Å². The Morgan fingerprint density at radius 1 is 1.41 bits per heavy atom. The molecule has 0 saturated heterocycles. The van der Waals surface area contributed by atoms with Gasteiger partial charge in [0.1, 0.15) is 0 Å². The van der Waals surface area contributed by atoms with E-state index in [0.717, 1.165) is 0 Å². The molecule has 6 heteroatoms. The van der Waals surface area contributed by atoms with E-state index in [4.69, 9.17) is 9.47 Å². The summed E-state index contributed by atoms with van der Waals surface area (Å²) in [7, 11) is 4.03. The number of aliphatic hydroxyl groups is 1. The fraction of sp³-hybridized carbons (Fsp3) is 0.636. The zero-order valence-electron chi connectivity index (χ0n) is 10.1. The highest BCUT2D eigenvalue weighted by Gasteiger charge is 2.36. The van der Waals surface area contributed by atoms with Crippen molar-refractivity contribution in [2.24, 2.45) is 0 Å². The molecule has 0 amide bonds. The van der Waals surface area contributed by atoms with Crippen LogP contribution in [0.4, 0.5) is 0 Å². The van der Waals surface area contributed by atoms with Crippen LogP contribution in [0.15, 0.2) is 11.1 Å². The lowest BCUT2D eigenvalue weighted by Gasteiger charge is -2.18. The smallest absolute Gasteiger partial charge is 0.310 e. The highest BCUT2D eigenvalue weighted by molar-refractivity contribution is 6.03. The quantitative estimate of drug-likeness (QED) is 0.532. The number of hydrogen-bond acceptors (Lipinski definition) is 6. The summed E-state index contributed by atoms with van der Waals surface area (Å²) in [5, 5.41) is 9.76. The minimum absolute atomic E-state index is 0.0507. The van der Waals surface area contributed by atoms with Crippen LogP contribution in [0.1, 0.15) is 12.8 Å². The van der Waals surface area contributed by atoms with Crippen LogP contribution in [0, 0.1) is 0 Å². The standard InChI is InChI=1S/C11H16O6/c1-15-9(14)4-6-7(12)5-8(13)10(6)11(16-2)17-3/h8,11,13H,4-5H2,1-3H3. The summed E-state index contributed by atoms with van der Waals surface area (Å²) < 4.78 is 14.5. The van der Waals surface area contributed by atoms with Gasteiger partial charge in [-0.15, -0.1) is 0 Å². The summed E-state index contributed by atoms with van der Waals surface area (Å²) in [4.78, 5) is 22.8. The fourth-order valence-corrected chi connectivity index (χ4v) is 1.84. The molecule has 0 aliphatic heterocycles. The monoisotopic (exact) mass is 244 g/mol. The van der Waals surface area contributed by atoms with Crippen molar-refractivity contribution in [1.82, 2.24) is 0 Å². The van der Waals surface area contributed by atoms with E-state index < -0.39 is 18.4 Å². The molecule has 1 atom stereocenters. The van der Waals surface area contributed by atoms with E-state index in [1.807, 2.05) is 0 Å². The van der Waals surface area contributed by atoms with Gasteiger partial charge in [0.05, 0.1) is 19.6 Å². The summed E-state index contributed by atoms with van der Waals surface area (Å²) in [6.07, 6.45) is -2.02. The molecule has 0 aromatic heterocycles. The number of esters is 1. The number of ether oxygens (including phenoxy) is 3. The van der Waals surface area contributed by atoms with Crippen LogP contribution in [0.2, 0.25) is 0 Å². The number of ketones is 1. The summed E-state index contributed by atoms with van der Waals surface area (Å²) in [5.74, 6) is -0.817. The van der Waals surface area contributed by atoms with E-state index in [1.54, 1.807) is 0 Å². The summed E-state index contributed by atoms with van der Waals surface area (Å²) in [6, 6.07) is 0. The number of carbonyl (C=O) groups is 2. The Bertz CT molecular complexity index is 342. The zero-order chi connectivity index (χ0) is 13.0. The molecule has 0 aromatic rings. The molecule has 17 heavy (non-hydrogen) atoms. The van der Waals surface area contributed by atoms with Gasteiger partial charge >= 0.3 is 5.97 Å². The first-order valence-electron chi connectivity index (χ1n) is 5.11.